The highest BCUT2D eigenvalue weighted by Crippen LogP contribution is 2.24. The predicted octanol–water partition coefficient (Wildman–Crippen LogP) is 1.13. The van der Waals surface area contributed by atoms with E-state index in [1.807, 2.05) is 30.7 Å². The van der Waals surface area contributed by atoms with Crippen molar-refractivity contribution in [1.29, 1.82) is 0 Å². The average molecular weight is 235 g/mol. The van der Waals surface area contributed by atoms with Gasteiger partial charge < -0.3 is 10.3 Å². The molecule has 2 N–H and O–H groups in total. The highest BCUT2D eigenvalue weighted by Gasteiger charge is 2.07. The third-order valence-corrected chi connectivity index (χ3v) is 3.25. The summed E-state index contributed by atoms with van der Waals surface area (Å²) in [5, 5.41) is 9.79. The smallest absolute Gasteiger partial charge is 0.197 e. The zero-order valence-corrected chi connectivity index (χ0v) is 10.0. The fourth-order valence-electron chi connectivity index (χ4n) is 1.20. The number of hydrogen-bond acceptors (Lipinski definition) is 5. The number of pyridine rings is 1. The van der Waals surface area contributed by atoms with Crippen LogP contribution in [0.3, 0.4) is 0 Å². The Balaban J connectivity index is 2.23. The van der Waals surface area contributed by atoms with Gasteiger partial charge in [-0.25, -0.2) is 4.98 Å². The summed E-state index contributed by atoms with van der Waals surface area (Å²) in [6.07, 6.45) is 1.76. The fraction of sp³-hybridized carbons (Fsp3) is 0.300. The molecule has 0 unspecified atom stereocenters. The molecular formula is C10H13N5S. The summed E-state index contributed by atoms with van der Waals surface area (Å²) >= 11 is 1.49. The van der Waals surface area contributed by atoms with Crippen LogP contribution in [0.25, 0.3) is 0 Å². The largest absolute Gasteiger partial charge is 0.326 e. The Hall–Kier alpha value is -1.40. The zero-order chi connectivity index (χ0) is 11.5. The van der Waals surface area contributed by atoms with Crippen LogP contribution in [0.2, 0.25) is 0 Å². The second-order valence-corrected chi connectivity index (χ2v) is 4.38. The number of nitrogens with zero attached hydrogens (tertiary/aromatic N) is 4. The molecule has 0 atom stereocenters. The first kappa shape index (κ1) is 11.1. The summed E-state index contributed by atoms with van der Waals surface area (Å²) < 4.78 is 1.93. The average Bonchev–Trinajstić information content (AvgIpc) is 2.61. The molecule has 0 spiro atoms. The van der Waals surface area contributed by atoms with Gasteiger partial charge in [0.25, 0.3) is 0 Å². The van der Waals surface area contributed by atoms with Crippen molar-refractivity contribution in [1.82, 2.24) is 19.7 Å². The Kier molecular flexibility index (Phi) is 3.21. The molecular weight excluding hydrogens is 222 g/mol. The van der Waals surface area contributed by atoms with Gasteiger partial charge in [-0.15, -0.1) is 10.2 Å². The van der Waals surface area contributed by atoms with Crippen molar-refractivity contribution in [3.8, 4) is 0 Å². The van der Waals surface area contributed by atoms with E-state index in [4.69, 9.17) is 5.73 Å². The lowest BCUT2D eigenvalue weighted by molar-refractivity contribution is 0.764. The van der Waals surface area contributed by atoms with E-state index in [1.54, 1.807) is 6.20 Å². The molecule has 2 rings (SSSR count). The van der Waals surface area contributed by atoms with Crippen LogP contribution in [-0.4, -0.2) is 19.7 Å². The van der Waals surface area contributed by atoms with Crippen molar-refractivity contribution in [2.45, 2.75) is 23.7 Å². The van der Waals surface area contributed by atoms with E-state index in [0.29, 0.717) is 6.54 Å². The minimum absolute atomic E-state index is 0.522. The van der Waals surface area contributed by atoms with Gasteiger partial charge in [-0.3, -0.25) is 0 Å². The Bertz CT molecular complexity index is 494. The normalized spacial score (nSPS) is 10.7. The van der Waals surface area contributed by atoms with Gasteiger partial charge in [-0.05, 0) is 36.4 Å². The third-order valence-electron chi connectivity index (χ3n) is 2.28. The second-order valence-electron chi connectivity index (χ2n) is 3.40. The summed E-state index contributed by atoms with van der Waals surface area (Å²) in [6.45, 7) is 2.44. The first-order valence-corrected chi connectivity index (χ1v) is 5.71. The molecule has 2 aromatic rings. The first-order chi connectivity index (χ1) is 7.70. The molecule has 0 aromatic carbocycles. The summed E-state index contributed by atoms with van der Waals surface area (Å²) in [5.74, 6) is 0.887. The van der Waals surface area contributed by atoms with E-state index in [1.165, 1.54) is 11.8 Å². The summed E-state index contributed by atoms with van der Waals surface area (Å²) in [7, 11) is 1.93. The molecule has 16 heavy (non-hydrogen) atoms. The van der Waals surface area contributed by atoms with Crippen LogP contribution in [0.15, 0.2) is 28.5 Å². The molecule has 0 radical (unpaired) electrons. The zero-order valence-electron chi connectivity index (χ0n) is 9.21. The lowest BCUT2D eigenvalue weighted by Crippen LogP contribution is -1.97. The molecule has 2 aromatic heterocycles. The Morgan fingerprint density at radius 3 is 2.88 bits per heavy atom. The molecule has 0 amide bonds. The topological polar surface area (TPSA) is 69.6 Å². The van der Waals surface area contributed by atoms with E-state index in [-0.39, 0.29) is 0 Å². The van der Waals surface area contributed by atoms with Crippen LogP contribution in [0.1, 0.15) is 11.4 Å². The molecule has 2 heterocycles. The number of nitrogens with two attached hydrogens (primary N) is 1. The van der Waals surface area contributed by atoms with Gasteiger partial charge in [-0.1, -0.05) is 0 Å². The van der Waals surface area contributed by atoms with Crippen LogP contribution in [0, 0.1) is 6.92 Å². The molecule has 0 saturated heterocycles. The van der Waals surface area contributed by atoms with Gasteiger partial charge in [0.2, 0.25) is 0 Å². The van der Waals surface area contributed by atoms with E-state index in [9.17, 15) is 0 Å². The molecule has 0 bridgehead atoms. The van der Waals surface area contributed by atoms with Gasteiger partial charge >= 0.3 is 0 Å². The highest BCUT2D eigenvalue weighted by molar-refractivity contribution is 7.99. The summed E-state index contributed by atoms with van der Waals surface area (Å²) in [4.78, 5) is 4.26. The van der Waals surface area contributed by atoms with Gasteiger partial charge in [0.1, 0.15) is 10.9 Å². The summed E-state index contributed by atoms with van der Waals surface area (Å²) in [5.41, 5.74) is 6.64. The van der Waals surface area contributed by atoms with Crippen LogP contribution >= 0.6 is 11.8 Å². The highest BCUT2D eigenvalue weighted by atomic mass is 32.2. The minimum atomic E-state index is 0.522. The fourth-order valence-corrected chi connectivity index (χ4v) is 2.06. The molecule has 0 aliphatic heterocycles. The van der Waals surface area contributed by atoms with Crippen molar-refractivity contribution in [2.75, 3.05) is 0 Å². The number of rotatable bonds is 3. The van der Waals surface area contributed by atoms with Crippen LogP contribution in [-0.2, 0) is 13.6 Å². The van der Waals surface area contributed by atoms with E-state index in [2.05, 4.69) is 15.2 Å². The lowest BCUT2D eigenvalue weighted by Gasteiger charge is -2.02. The van der Waals surface area contributed by atoms with Gasteiger partial charge in [-0.2, -0.15) is 0 Å². The quantitative estimate of drug-likeness (QED) is 0.863. The molecule has 5 nitrogen and oxygen atoms in total. The molecule has 84 valence electrons. The Labute approximate surface area is 98.1 Å². The maximum Gasteiger partial charge on any atom is 0.197 e. The second kappa shape index (κ2) is 4.63. The SMILES string of the molecule is Cc1nnc(Sc2cc(CN)ccn2)n1C. The molecule has 0 aliphatic carbocycles. The van der Waals surface area contributed by atoms with Crippen LogP contribution < -0.4 is 5.73 Å². The number of hydrogen-bond donors (Lipinski definition) is 1. The molecule has 0 saturated carbocycles. The Morgan fingerprint density at radius 2 is 2.25 bits per heavy atom. The predicted molar refractivity (Wildman–Crippen MR) is 62.0 cm³/mol. The Morgan fingerprint density at radius 1 is 1.44 bits per heavy atom. The molecule has 6 heteroatoms. The van der Waals surface area contributed by atoms with Gasteiger partial charge in [0, 0.05) is 19.8 Å². The monoisotopic (exact) mass is 235 g/mol. The third kappa shape index (κ3) is 2.23. The first-order valence-electron chi connectivity index (χ1n) is 4.89. The van der Waals surface area contributed by atoms with E-state index >= 15 is 0 Å². The van der Waals surface area contributed by atoms with Crippen molar-refractivity contribution in [3.05, 3.63) is 29.7 Å². The van der Waals surface area contributed by atoms with Crippen LogP contribution in [0.5, 0.6) is 0 Å². The van der Waals surface area contributed by atoms with Crippen molar-refractivity contribution < 1.29 is 0 Å². The van der Waals surface area contributed by atoms with E-state index in [0.717, 1.165) is 21.6 Å². The number of aryl methyl sites for hydroxylation is 1. The standard InChI is InChI=1S/C10H13N5S/c1-7-13-14-10(15(7)2)16-9-5-8(6-11)3-4-12-9/h3-5H,6,11H2,1-2H3. The lowest BCUT2D eigenvalue weighted by atomic mass is 10.3. The van der Waals surface area contributed by atoms with Crippen LogP contribution in [0.4, 0.5) is 0 Å². The maximum atomic E-state index is 5.58. The minimum Gasteiger partial charge on any atom is -0.326 e. The molecule has 0 aliphatic rings. The van der Waals surface area contributed by atoms with E-state index < -0.39 is 0 Å². The van der Waals surface area contributed by atoms with Crippen molar-refractivity contribution in [2.24, 2.45) is 12.8 Å². The summed E-state index contributed by atoms with van der Waals surface area (Å²) in [6, 6.07) is 3.88. The van der Waals surface area contributed by atoms with Gasteiger partial charge in [0.15, 0.2) is 5.16 Å². The maximum absolute atomic E-state index is 5.58. The molecule has 0 fully saturated rings. The van der Waals surface area contributed by atoms with Crippen molar-refractivity contribution in [3.63, 3.8) is 0 Å². The van der Waals surface area contributed by atoms with Crippen molar-refractivity contribution >= 4 is 11.8 Å². The van der Waals surface area contributed by atoms with Gasteiger partial charge in [0.05, 0.1) is 0 Å². The number of aromatic nitrogens is 4.